The summed E-state index contributed by atoms with van der Waals surface area (Å²) in [5.41, 5.74) is 3.48. The third-order valence-corrected chi connectivity index (χ3v) is 5.10. The Hall–Kier alpha value is -2.64. The van der Waals surface area contributed by atoms with Crippen LogP contribution in [0.2, 0.25) is 0 Å². The monoisotopic (exact) mass is 397 g/mol. The number of rotatable bonds is 9. The van der Waals surface area contributed by atoms with Crippen LogP contribution >= 0.6 is 0 Å². The molecule has 0 aliphatic carbocycles. The lowest BCUT2D eigenvalue weighted by atomic mass is 10.2. The zero-order valence-electron chi connectivity index (χ0n) is 17.4. The van der Waals surface area contributed by atoms with Crippen molar-refractivity contribution >= 4 is 23.0 Å². The molecule has 7 heteroatoms. The van der Waals surface area contributed by atoms with Gasteiger partial charge < -0.3 is 20.3 Å². The van der Waals surface area contributed by atoms with Crippen molar-refractivity contribution in [2.24, 2.45) is 0 Å². The van der Waals surface area contributed by atoms with Gasteiger partial charge in [-0.05, 0) is 50.2 Å². The maximum Gasteiger partial charge on any atom is 0.269 e. The molecule has 1 saturated heterocycles. The predicted molar refractivity (Wildman–Crippen MR) is 117 cm³/mol. The van der Waals surface area contributed by atoms with Crippen LogP contribution in [-0.4, -0.2) is 68.3 Å². The molecular formula is C22H31N5O2. The summed E-state index contributed by atoms with van der Waals surface area (Å²) < 4.78 is 5.33. The third kappa shape index (κ3) is 6.17. The molecule has 7 nitrogen and oxygen atoms in total. The fourth-order valence-electron chi connectivity index (χ4n) is 3.36. The minimum atomic E-state index is -0.145. The van der Waals surface area contributed by atoms with Crippen molar-refractivity contribution < 1.29 is 9.53 Å². The summed E-state index contributed by atoms with van der Waals surface area (Å²) in [6, 6.07) is 12.0. The molecule has 1 aliphatic heterocycles. The largest absolute Gasteiger partial charge is 0.379 e. The van der Waals surface area contributed by atoms with Gasteiger partial charge in [0, 0.05) is 50.6 Å². The van der Waals surface area contributed by atoms with Crippen molar-refractivity contribution in [3.63, 3.8) is 0 Å². The fraction of sp³-hybridized carbons (Fsp3) is 0.455. The number of nitrogens with zero attached hydrogens (tertiary/aromatic N) is 3. The van der Waals surface area contributed by atoms with Gasteiger partial charge in [0.1, 0.15) is 5.69 Å². The van der Waals surface area contributed by atoms with Crippen LogP contribution in [0.3, 0.4) is 0 Å². The molecule has 1 aromatic carbocycles. The van der Waals surface area contributed by atoms with Gasteiger partial charge in [0.2, 0.25) is 0 Å². The molecular weight excluding hydrogens is 366 g/mol. The normalized spacial score (nSPS) is 14.4. The Morgan fingerprint density at radius 2 is 1.76 bits per heavy atom. The van der Waals surface area contributed by atoms with Crippen molar-refractivity contribution in [1.29, 1.82) is 0 Å². The molecule has 0 saturated carbocycles. The summed E-state index contributed by atoms with van der Waals surface area (Å²) >= 11 is 0. The number of amides is 1. The zero-order chi connectivity index (χ0) is 20.5. The van der Waals surface area contributed by atoms with E-state index < -0.39 is 0 Å². The quantitative estimate of drug-likeness (QED) is 0.678. The highest BCUT2D eigenvalue weighted by Crippen LogP contribution is 2.21. The van der Waals surface area contributed by atoms with Gasteiger partial charge >= 0.3 is 0 Å². The molecule has 156 valence electrons. The number of morpholine rings is 1. The van der Waals surface area contributed by atoms with Crippen LogP contribution in [-0.2, 0) is 4.74 Å². The minimum Gasteiger partial charge on any atom is -0.379 e. The highest BCUT2D eigenvalue weighted by Gasteiger charge is 2.11. The average molecular weight is 398 g/mol. The first-order valence-corrected chi connectivity index (χ1v) is 10.4. The van der Waals surface area contributed by atoms with E-state index in [1.807, 2.05) is 6.07 Å². The Labute approximate surface area is 173 Å². The number of carbonyl (C=O) groups is 1. The van der Waals surface area contributed by atoms with Gasteiger partial charge in [-0.25, -0.2) is 4.98 Å². The highest BCUT2D eigenvalue weighted by molar-refractivity contribution is 5.92. The van der Waals surface area contributed by atoms with E-state index >= 15 is 0 Å². The van der Waals surface area contributed by atoms with Crippen LogP contribution in [0.25, 0.3) is 0 Å². The van der Waals surface area contributed by atoms with Gasteiger partial charge in [0.05, 0.1) is 25.1 Å². The fourth-order valence-corrected chi connectivity index (χ4v) is 3.36. The van der Waals surface area contributed by atoms with Gasteiger partial charge in [-0.15, -0.1) is 0 Å². The van der Waals surface area contributed by atoms with Crippen molar-refractivity contribution in [2.45, 2.75) is 13.8 Å². The van der Waals surface area contributed by atoms with Crippen molar-refractivity contribution in [3.8, 4) is 0 Å². The molecule has 0 spiro atoms. The number of benzene rings is 1. The lowest BCUT2D eigenvalue weighted by molar-refractivity contribution is 0.0383. The van der Waals surface area contributed by atoms with Crippen molar-refractivity contribution in [1.82, 2.24) is 15.2 Å². The summed E-state index contributed by atoms with van der Waals surface area (Å²) in [5.74, 6) is -0.145. The van der Waals surface area contributed by atoms with E-state index in [-0.39, 0.29) is 5.91 Å². The smallest absolute Gasteiger partial charge is 0.269 e. The summed E-state index contributed by atoms with van der Waals surface area (Å²) in [6.45, 7) is 11.1. The van der Waals surface area contributed by atoms with E-state index in [4.69, 9.17) is 4.74 Å². The van der Waals surface area contributed by atoms with Gasteiger partial charge in [-0.3, -0.25) is 9.69 Å². The maximum absolute atomic E-state index is 12.3. The number of hydrogen-bond acceptors (Lipinski definition) is 6. The molecule has 0 unspecified atom stereocenters. The lowest BCUT2D eigenvalue weighted by Crippen LogP contribution is -2.41. The molecule has 0 atom stereocenters. The first kappa shape index (κ1) is 21.1. The molecule has 1 aliphatic rings. The van der Waals surface area contributed by atoms with E-state index in [9.17, 15) is 4.79 Å². The van der Waals surface area contributed by atoms with Crippen LogP contribution < -0.4 is 15.5 Å². The van der Waals surface area contributed by atoms with E-state index in [0.29, 0.717) is 12.2 Å². The minimum absolute atomic E-state index is 0.145. The molecule has 1 fully saturated rings. The van der Waals surface area contributed by atoms with Crippen LogP contribution in [0, 0.1) is 0 Å². The number of anilines is 3. The summed E-state index contributed by atoms with van der Waals surface area (Å²) in [6.07, 6.45) is 1.69. The summed E-state index contributed by atoms with van der Waals surface area (Å²) in [5, 5.41) is 6.26. The second-order valence-electron chi connectivity index (χ2n) is 6.99. The number of hydrogen-bond donors (Lipinski definition) is 2. The topological polar surface area (TPSA) is 69.7 Å². The molecule has 2 heterocycles. The van der Waals surface area contributed by atoms with Crippen molar-refractivity contribution in [3.05, 3.63) is 48.3 Å². The molecule has 29 heavy (non-hydrogen) atoms. The average Bonchev–Trinajstić information content (AvgIpc) is 2.77. The molecule has 2 N–H and O–H groups in total. The number of pyridine rings is 1. The Morgan fingerprint density at radius 1 is 1.07 bits per heavy atom. The standard InChI is InChI=1S/C22H31N5O2/c1-3-27(4-2)20-8-5-18(6-9-20)25-19-7-10-21(24-17-19)22(28)23-11-12-26-13-15-29-16-14-26/h5-10,17,25H,3-4,11-16H2,1-2H3,(H,23,28). The second-order valence-corrected chi connectivity index (χ2v) is 6.99. The molecule has 2 aromatic rings. The van der Waals surface area contributed by atoms with E-state index in [2.05, 4.69) is 63.5 Å². The predicted octanol–water partition coefficient (Wildman–Crippen LogP) is 2.73. The number of aromatic nitrogens is 1. The van der Waals surface area contributed by atoms with Gasteiger partial charge in [0.25, 0.3) is 5.91 Å². The number of carbonyl (C=O) groups excluding carboxylic acids is 1. The molecule has 1 aromatic heterocycles. The van der Waals surface area contributed by atoms with Crippen molar-refractivity contribution in [2.75, 3.05) is 62.7 Å². The summed E-state index contributed by atoms with van der Waals surface area (Å²) in [4.78, 5) is 21.2. The van der Waals surface area contributed by atoms with Gasteiger partial charge in [0.15, 0.2) is 0 Å². The van der Waals surface area contributed by atoms with Crippen LogP contribution in [0.4, 0.5) is 17.1 Å². The molecule has 0 bridgehead atoms. The number of ether oxygens (including phenoxy) is 1. The highest BCUT2D eigenvalue weighted by atomic mass is 16.5. The molecule has 0 radical (unpaired) electrons. The van der Waals surface area contributed by atoms with Gasteiger partial charge in [-0.2, -0.15) is 0 Å². The van der Waals surface area contributed by atoms with Gasteiger partial charge in [-0.1, -0.05) is 0 Å². The first-order valence-electron chi connectivity index (χ1n) is 10.4. The Balaban J connectivity index is 1.48. The van der Waals surface area contributed by atoms with Crippen LogP contribution in [0.5, 0.6) is 0 Å². The Bertz CT molecular complexity index is 754. The van der Waals surface area contributed by atoms with E-state index in [1.54, 1.807) is 12.3 Å². The van der Waals surface area contributed by atoms with Crippen LogP contribution in [0.15, 0.2) is 42.6 Å². The Kier molecular flexibility index (Phi) is 7.84. The maximum atomic E-state index is 12.3. The van der Waals surface area contributed by atoms with E-state index in [0.717, 1.165) is 57.3 Å². The first-order chi connectivity index (χ1) is 14.2. The SMILES string of the molecule is CCN(CC)c1ccc(Nc2ccc(C(=O)NCCN3CCOCC3)nc2)cc1. The number of nitrogens with one attached hydrogen (secondary N) is 2. The molecule has 3 rings (SSSR count). The molecule has 1 amide bonds. The van der Waals surface area contributed by atoms with E-state index in [1.165, 1.54) is 5.69 Å². The third-order valence-electron chi connectivity index (χ3n) is 5.10. The Morgan fingerprint density at radius 3 is 2.38 bits per heavy atom. The zero-order valence-corrected chi connectivity index (χ0v) is 17.4. The second kappa shape index (κ2) is 10.8. The van der Waals surface area contributed by atoms with Crippen LogP contribution in [0.1, 0.15) is 24.3 Å². The summed E-state index contributed by atoms with van der Waals surface area (Å²) in [7, 11) is 0. The lowest BCUT2D eigenvalue weighted by Gasteiger charge is -2.26.